The molecule has 0 amide bonds. The van der Waals surface area contributed by atoms with Crippen LogP contribution in [0.2, 0.25) is 0 Å². The van der Waals surface area contributed by atoms with Crippen LogP contribution in [0.3, 0.4) is 0 Å². The Morgan fingerprint density at radius 3 is 2.47 bits per heavy atom. The van der Waals surface area contributed by atoms with Crippen molar-refractivity contribution in [2.45, 2.75) is 32.4 Å². The highest BCUT2D eigenvalue weighted by atomic mass is 19.4. The highest BCUT2D eigenvalue weighted by molar-refractivity contribution is 5.50. The summed E-state index contributed by atoms with van der Waals surface area (Å²) in [4.78, 5) is 0. The van der Waals surface area contributed by atoms with Gasteiger partial charge in [0.2, 0.25) is 0 Å². The molecule has 0 radical (unpaired) electrons. The molecule has 1 aliphatic rings. The molecule has 4 heteroatoms. The van der Waals surface area contributed by atoms with Gasteiger partial charge in [-0.25, -0.2) is 0 Å². The molecule has 1 aliphatic carbocycles. The first-order chi connectivity index (χ1) is 7.88. The van der Waals surface area contributed by atoms with Crippen molar-refractivity contribution in [2.24, 2.45) is 11.8 Å². The van der Waals surface area contributed by atoms with Gasteiger partial charge in [0.05, 0.1) is 5.56 Å². The van der Waals surface area contributed by atoms with Crippen LogP contribution in [-0.2, 0) is 12.6 Å². The maximum atomic E-state index is 12.4. The maximum absolute atomic E-state index is 12.4. The van der Waals surface area contributed by atoms with Crippen LogP contribution in [0.1, 0.15) is 30.9 Å². The SMILES string of the molecule is CC(Cc1ccc(C(F)(F)F)cc1N)C1CC1. The lowest BCUT2D eigenvalue weighted by molar-refractivity contribution is -0.137. The standard InChI is InChI=1S/C13H16F3N/c1-8(9-2-3-9)6-10-4-5-11(7-12(10)17)13(14,15)16/h4-5,7-9H,2-3,6,17H2,1H3. The van der Waals surface area contributed by atoms with E-state index >= 15 is 0 Å². The summed E-state index contributed by atoms with van der Waals surface area (Å²) in [5.74, 6) is 1.24. The summed E-state index contributed by atoms with van der Waals surface area (Å²) in [5.41, 5.74) is 6.11. The second-order valence-electron chi connectivity index (χ2n) is 4.93. The number of nitrogen functional groups attached to an aromatic ring is 1. The van der Waals surface area contributed by atoms with E-state index < -0.39 is 11.7 Å². The number of alkyl halides is 3. The highest BCUT2D eigenvalue weighted by Gasteiger charge is 2.31. The van der Waals surface area contributed by atoms with Crippen molar-refractivity contribution >= 4 is 5.69 Å². The van der Waals surface area contributed by atoms with E-state index in [4.69, 9.17) is 5.73 Å². The molecule has 0 saturated heterocycles. The minimum atomic E-state index is -4.31. The zero-order chi connectivity index (χ0) is 12.6. The summed E-state index contributed by atoms with van der Waals surface area (Å²) in [6.45, 7) is 2.13. The third kappa shape index (κ3) is 2.93. The Morgan fingerprint density at radius 2 is 2.00 bits per heavy atom. The lowest BCUT2D eigenvalue weighted by Crippen LogP contribution is -2.09. The molecule has 1 aromatic carbocycles. The van der Waals surface area contributed by atoms with E-state index in [0.717, 1.165) is 30.0 Å². The number of hydrogen-bond donors (Lipinski definition) is 1. The smallest absolute Gasteiger partial charge is 0.398 e. The minimum Gasteiger partial charge on any atom is -0.398 e. The monoisotopic (exact) mass is 243 g/mol. The molecule has 2 rings (SSSR count). The van der Waals surface area contributed by atoms with E-state index in [1.807, 2.05) is 0 Å². The van der Waals surface area contributed by atoms with Crippen LogP contribution >= 0.6 is 0 Å². The van der Waals surface area contributed by atoms with Crippen LogP contribution in [0.5, 0.6) is 0 Å². The molecular formula is C13H16F3N. The maximum Gasteiger partial charge on any atom is 0.416 e. The van der Waals surface area contributed by atoms with Gasteiger partial charge in [-0.05, 0) is 48.8 Å². The van der Waals surface area contributed by atoms with Crippen molar-refractivity contribution in [3.05, 3.63) is 29.3 Å². The number of hydrogen-bond acceptors (Lipinski definition) is 1. The Labute approximate surface area is 98.8 Å². The van der Waals surface area contributed by atoms with Crippen molar-refractivity contribution < 1.29 is 13.2 Å². The largest absolute Gasteiger partial charge is 0.416 e. The number of benzene rings is 1. The van der Waals surface area contributed by atoms with Gasteiger partial charge in [-0.3, -0.25) is 0 Å². The Balaban J connectivity index is 2.13. The molecule has 0 heterocycles. The molecule has 0 bridgehead atoms. The summed E-state index contributed by atoms with van der Waals surface area (Å²) in [5, 5.41) is 0. The average molecular weight is 243 g/mol. The molecule has 1 unspecified atom stereocenters. The zero-order valence-electron chi connectivity index (χ0n) is 9.72. The van der Waals surface area contributed by atoms with Crippen LogP contribution in [0, 0.1) is 11.8 Å². The van der Waals surface area contributed by atoms with E-state index in [9.17, 15) is 13.2 Å². The Morgan fingerprint density at radius 1 is 1.35 bits per heavy atom. The van der Waals surface area contributed by atoms with E-state index in [0.29, 0.717) is 5.92 Å². The molecule has 0 aromatic heterocycles. The van der Waals surface area contributed by atoms with E-state index in [2.05, 4.69) is 6.92 Å². The predicted octanol–water partition coefficient (Wildman–Crippen LogP) is 3.88. The second kappa shape index (κ2) is 4.24. The first-order valence-electron chi connectivity index (χ1n) is 5.83. The molecule has 0 aliphatic heterocycles. The minimum absolute atomic E-state index is 0.257. The van der Waals surface area contributed by atoms with E-state index in [1.165, 1.54) is 18.9 Å². The molecule has 94 valence electrons. The fraction of sp³-hybridized carbons (Fsp3) is 0.538. The van der Waals surface area contributed by atoms with Crippen molar-refractivity contribution in [1.82, 2.24) is 0 Å². The van der Waals surface area contributed by atoms with Crippen molar-refractivity contribution in [2.75, 3.05) is 5.73 Å². The van der Waals surface area contributed by atoms with Gasteiger partial charge < -0.3 is 5.73 Å². The van der Waals surface area contributed by atoms with Crippen LogP contribution in [0.4, 0.5) is 18.9 Å². The number of rotatable bonds is 3. The van der Waals surface area contributed by atoms with Gasteiger partial charge >= 0.3 is 6.18 Å². The van der Waals surface area contributed by atoms with Crippen molar-refractivity contribution in [3.63, 3.8) is 0 Å². The van der Waals surface area contributed by atoms with Crippen LogP contribution < -0.4 is 5.73 Å². The fourth-order valence-corrected chi connectivity index (χ4v) is 2.14. The summed E-state index contributed by atoms with van der Waals surface area (Å²) in [7, 11) is 0. The van der Waals surface area contributed by atoms with Gasteiger partial charge in [-0.1, -0.05) is 13.0 Å². The van der Waals surface area contributed by atoms with Crippen LogP contribution in [0.25, 0.3) is 0 Å². The first-order valence-corrected chi connectivity index (χ1v) is 5.83. The van der Waals surface area contributed by atoms with Gasteiger partial charge in [-0.2, -0.15) is 13.2 Å². The molecule has 1 atom stereocenters. The molecule has 0 spiro atoms. The summed E-state index contributed by atoms with van der Waals surface area (Å²) in [6.07, 6.45) is -1.06. The van der Waals surface area contributed by atoms with Gasteiger partial charge in [0.25, 0.3) is 0 Å². The predicted molar refractivity (Wildman–Crippen MR) is 61.4 cm³/mol. The second-order valence-corrected chi connectivity index (χ2v) is 4.93. The molecule has 1 nitrogen and oxygen atoms in total. The summed E-state index contributed by atoms with van der Waals surface area (Å²) >= 11 is 0. The lowest BCUT2D eigenvalue weighted by atomic mass is 9.95. The normalized spacial score (nSPS) is 18.1. The topological polar surface area (TPSA) is 26.0 Å². The summed E-state index contributed by atoms with van der Waals surface area (Å²) < 4.78 is 37.3. The van der Waals surface area contributed by atoms with Gasteiger partial charge in [0, 0.05) is 5.69 Å². The number of halogens is 3. The fourth-order valence-electron chi connectivity index (χ4n) is 2.14. The van der Waals surface area contributed by atoms with Crippen molar-refractivity contribution in [3.8, 4) is 0 Å². The molecule has 17 heavy (non-hydrogen) atoms. The van der Waals surface area contributed by atoms with E-state index in [-0.39, 0.29) is 5.69 Å². The molecule has 1 saturated carbocycles. The average Bonchev–Trinajstić information content (AvgIpc) is 3.02. The molecular weight excluding hydrogens is 227 g/mol. The zero-order valence-corrected chi connectivity index (χ0v) is 9.72. The first kappa shape index (κ1) is 12.3. The quantitative estimate of drug-likeness (QED) is 0.801. The van der Waals surface area contributed by atoms with Gasteiger partial charge in [0.1, 0.15) is 0 Å². The third-order valence-corrected chi connectivity index (χ3v) is 3.44. The van der Waals surface area contributed by atoms with Crippen molar-refractivity contribution in [1.29, 1.82) is 0 Å². The Bertz CT molecular complexity index is 408. The Kier molecular flexibility index (Phi) is 3.06. The third-order valence-electron chi connectivity index (χ3n) is 3.44. The van der Waals surface area contributed by atoms with E-state index in [1.54, 1.807) is 0 Å². The van der Waals surface area contributed by atoms with Crippen LogP contribution in [-0.4, -0.2) is 0 Å². The molecule has 1 fully saturated rings. The molecule has 1 aromatic rings. The molecule has 2 N–H and O–H groups in total. The Hall–Kier alpha value is -1.19. The van der Waals surface area contributed by atoms with Gasteiger partial charge in [-0.15, -0.1) is 0 Å². The number of nitrogens with two attached hydrogens (primary N) is 1. The highest BCUT2D eigenvalue weighted by Crippen LogP contribution is 2.39. The van der Waals surface area contributed by atoms with Gasteiger partial charge in [0.15, 0.2) is 0 Å². The lowest BCUT2D eigenvalue weighted by Gasteiger charge is -2.14. The van der Waals surface area contributed by atoms with Crippen LogP contribution in [0.15, 0.2) is 18.2 Å². The number of anilines is 1. The summed E-state index contributed by atoms with van der Waals surface area (Å²) in [6, 6.07) is 3.66.